The van der Waals surface area contributed by atoms with Gasteiger partial charge in [0.2, 0.25) is 5.89 Å². The number of benzene rings is 1. The number of nitrogens with two attached hydrogens (primary N) is 1. The first-order valence-electron chi connectivity index (χ1n) is 7.53. The summed E-state index contributed by atoms with van der Waals surface area (Å²) in [5.41, 5.74) is 6.82. The Balaban J connectivity index is 1.72. The van der Waals surface area contributed by atoms with Crippen LogP contribution >= 0.6 is 0 Å². The Labute approximate surface area is 123 Å². The summed E-state index contributed by atoms with van der Waals surface area (Å²) in [6, 6.07) is 6.38. The molecular weight excluding hydrogens is 269 g/mol. The van der Waals surface area contributed by atoms with E-state index in [1.165, 1.54) is 25.0 Å². The molecule has 21 heavy (non-hydrogen) atoms. The highest BCUT2D eigenvalue weighted by atomic mass is 19.1. The minimum atomic E-state index is -0.236. The van der Waals surface area contributed by atoms with Crippen LogP contribution in [0.3, 0.4) is 0 Å². The van der Waals surface area contributed by atoms with Gasteiger partial charge < -0.3 is 10.3 Å². The summed E-state index contributed by atoms with van der Waals surface area (Å²) in [4.78, 5) is 4.52. The van der Waals surface area contributed by atoms with Crippen molar-refractivity contribution in [1.29, 1.82) is 0 Å². The zero-order valence-corrected chi connectivity index (χ0v) is 12.0. The van der Waals surface area contributed by atoms with E-state index in [0.717, 1.165) is 18.4 Å². The standard InChI is InChI=1S/C16H20FN3O/c17-13-7-5-11(6-8-13)9-15-19-16(21-20-15)14-4-2-1-3-12(14)10-18/h5-8,12,14H,1-4,9-10,18H2. The average molecular weight is 289 g/mol. The highest BCUT2D eigenvalue weighted by molar-refractivity contribution is 5.19. The predicted octanol–water partition coefficient (Wildman–Crippen LogP) is 3.03. The van der Waals surface area contributed by atoms with Crippen molar-refractivity contribution >= 4 is 0 Å². The molecule has 0 amide bonds. The Hall–Kier alpha value is -1.75. The van der Waals surface area contributed by atoms with Gasteiger partial charge in [0.15, 0.2) is 5.82 Å². The van der Waals surface area contributed by atoms with Crippen molar-refractivity contribution in [2.45, 2.75) is 38.0 Å². The zero-order chi connectivity index (χ0) is 14.7. The molecule has 2 aromatic rings. The molecule has 0 saturated heterocycles. The summed E-state index contributed by atoms with van der Waals surface area (Å²) in [5, 5.41) is 4.06. The van der Waals surface area contributed by atoms with Gasteiger partial charge in [0.1, 0.15) is 5.82 Å². The maximum atomic E-state index is 12.9. The van der Waals surface area contributed by atoms with Gasteiger partial charge in [0.05, 0.1) is 0 Å². The topological polar surface area (TPSA) is 64.9 Å². The smallest absolute Gasteiger partial charge is 0.230 e. The second-order valence-electron chi connectivity index (χ2n) is 5.74. The van der Waals surface area contributed by atoms with Crippen molar-refractivity contribution < 1.29 is 8.91 Å². The molecule has 0 radical (unpaired) electrons. The molecule has 2 N–H and O–H groups in total. The summed E-state index contributed by atoms with van der Waals surface area (Å²) in [5.74, 6) is 1.86. The van der Waals surface area contributed by atoms with Crippen molar-refractivity contribution in [1.82, 2.24) is 10.1 Å². The summed E-state index contributed by atoms with van der Waals surface area (Å²) in [6.45, 7) is 0.667. The van der Waals surface area contributed by atoms with Crippen LogP contribution in [-0.4, -0.2) is 16.7 Å². The van der Waals surface area contributed by atoms with Crippen molar-refractivity contribution in [3.63, 3.8) is 0 Å². The van der Waals surface area contributed by atoms with Crippen LogP contribution in [0.5, 0.6) is 0 Å². The summed E-state index contributed by atoms with van der Waals surface area (Å²) in [6.07, 6.45) is 5.19. The second kappa shape index (κ2) is 6.35. The third-order valence-electron chi connectivity index (χ3n) is 4.29. The lowest BCUT2D eigenvalue weighted by Crippen LogP contribution is -2.25. The highest BCUT2D eigenvalue weighted by Crippen LogP contribution is 2.36. The van der Waals surface area contributed by atoms with E-state index < -0.39 is 0 Å². The van der Waals surface area contributed by atoms with Gasteiger partial charge in [-0.15, -0.1) is 0 Å². The normalized spacial score (nSPS) is 22.4. The van der Waals surface area contributed by atoms with E-state index in [-0.39, 0.29) is 5.82 Å². The van der Waals surface area contributed by atoms with Gasteiger partial charge in [-0.2, -0.15) is 4.98 Å². The Bertz CT molecular complexity index is 581. The van der Waals surface area contributed by atoms with Crippen molar-refractivity contribution in [3.05, 3.63) is 47.4 Å². The van der Waals surface area contributed by atoms with Gasteiger partial charge in [-0.25, -0.2) is 4.39 Å². The molecule has 2 atom stereocenters. The summed E-state index contributed by atoms with van der Waals surface area (Å²) in [7, 11) is 0. The van der Waals surface area contributed by atoms with Crippen molar-refractivity contribution in [2.75, 3.05) is 6.54 Å². The second-order valence-corrected chi connectivity index (χ2v) is 5.74. The number of rotatable bonds is 4. The third kappa shape index (κ3) is 3.29. The predicted molar refractivity (Wildman–Crippen MR) is 77.3 cm³/mol. The SMILES string of the molecule is NCC1CCCCC1c1nc(Cc2ccc(F)cc2)no1. The molecule has 2 unspecified atom stereocenters. The van der Waals surface area contributed by atoms with Crippen LogP contribution in [0.1, 0.15) is 48.9 Å². The summed E-state index contributed by atoms with van der Waals surface area (Å²) < 4.78 is 18.3. The van der Waals surface area contributed by atoms with Crippen LogP contribution in [0.15, 0.2) is 28.8 Å². The average Bonchev–Trinajstić information content (AvgIpc) is 2.98. The molecule has 0 spiro atoms. The van der Waals surface area contributed by atoms with E-state index in [1.807, 2.05) is 0 Å². The number of halogens is 1. The molecule has 0 aliphatic heterocycles. The van der Waals surface area contributed by atoms with Crippen LogP contribution in [-0.2, 0) is 6.42 Å². The first-order chi connectivity index (χ1) is 10.3. The van der Waals surface area contributed by atoms with Crippen molar-refractivity contribution in [2.24, 2.45) is 11.7 Å². The largest absolute Gasteiger partial charge is 0.339 e. The molecule has 112 valence electrons. The van der Waals surface area contributed by atoms with Gasteiger partial charge in [-0.1, -0.05) is 30.1 Å². The molecular formula is C16H20FN3O. The van der Waals surface area contributed by atoms with Crippen LogP contribution in [0.2, 0.25) is 0 Å². The molecule has 0 bridgehead atoms. The van der Waals surface area contributed by atoms with E-state index in [1.54, 1.807) is 12.1 Å². The Morgan fingerprint density at radius 3 is 2.71 bits per heavy atom. The minimum Gasteiger partial charge on any atom is -0.339 e. The van der Waals surface area contributed by atoms with Crippen molar-refractivity contribution in [3.8, 4) is 0 Å². The van der Waals surface area contributed by atoms with E-state index in [0.29, 0.717) is 36.5 Å². The van der Waals surface area contributed by atoms with Crippen LogP contribution in [0.4, 0.5) is 4.39 Å². The fraction of sp³-hybridized carbons (Fsp3) is 0.500. The number of hydrogen-bond donors (Lipinski definition) is 1. The monoisotopic (exact) mass is 289 g/mol. The van der Waals surface area contributed by atoms with Gasteiger partial charge in [-0.05, 0) is 43.0 Å². The van der Waals surface area contributed by atoms with Gasteiger partial charge in [0.25, 0.3) is 0 Å². The molecule has 1 aromatic heterocycles. The maximum Gasteiger partial charge on any atom is 0.230 e. The molecule has 3 rings (SSSR count). The molecule has 5 heteroatoms. The zero-order valence-electron chi connectivity index (χ0n) is 12.0. The quantitative estimate of drug-likeness (QED) is 0.939. The fourth-order valence-corrected chi connectivity index (χ4v) is 3.09. The first kappa shape index (κ1) is 14.2. The maximum absolute atomic E-state index is 12.9. The summed E-state index contributed by atoms with van der Waals surface area (Å²) >= 11 is 0. The molecule has 1 aliphatic rings. The number of hydrogen-bond acceptors (Lipinski definition) is 4. The van der Waals surface area contributed by atoms with Crippen LogP contribution in [0, 0.1) is 11.7 Å². The third-order valence-corrected chi connectivity index (χ3v) is 4.29. The highest BCUT2D eigenvalue weighted by Gasteiger charge is 2.29. The molecule has 1 heterocycles. The van der Waals surface area contributed by atoms with Gasteiger partial charge in [-0.3, -0.25) is 0 Å². The minimum absolute atomic E-state index is 0.236. The number of nitrogens with zero attached hydrogens (tertiary/aromatic N) is 2. The molecule has 1 aromatic carbocycles. The molecule has 1 fully saturated rings. The van der Waals surface area contributed by atoms with Crippen LogP contribution < -0.4 is 5.73 Å². The van der Waals surface area contributed by atoms with Gasteiger partial charge in [0, 0.05) is 12.3 Å². The Morgan fingerprint density at radius 2 is 1.95 bits per heavy atom. The lowest BCUT2D eigenvalue weighted by atomic mass is 9.79. The van der Waals surface area contributed by atoms with E-state index >= 15 is 0 Å². The first-order valence-corrected chi connectivity index (χ1v) is 7.53. The molecule has 1 aliphatic carbocycles. The number of aromatic nitrogens is 2. The molecule has 1 saturated carbocycles. The Kier molecular flexibility index (Phi) is 4.29. The van der Waals surface area contributed by atoms with E-state index in [9.17, 15) is 4.39 Å². The van der Waals surface area contributed by atoms with E-state index in [2.05, 4.69) is 10.1 Å². The van der Waals surface area contributed by atoms with Crippen LogP contribution in [0.25, 0.3) is 0 Å². The Morgan fingerprint density at radius 1 is 1.19 bits per heavy atom. The lowest BCUT2D eigenvalue weighted by molar-refractivity contribution is 0.249. The van der Waals surface area contributed by atoms with Gasteiger partial charge >= 0.3 is 0 Å². The lowest BCUT2D eigenvalue weighted by Gasteiger charge is -2.27. The fourth-order valence-electron chi connectivity index (χ4n) is 3.09. The molecule has 4 nitrogen and oxygen atoms in total. The van der Waals surface area contributed by atoms with E-state index in [4.69, 9.17) is 10.3 Å².